The van der Waals surface area contributed by atoms with Crippen LogP contribution in [0.15, 0.2) is 0 Å². The molecule has 0 saturated heterocycles. The van der Waals surface area contributed by atoms with Gasteiger partial charge in [0.25, 0.3) is 0 Å². The lowest BCUT2D eigenvalue weighted by atomic mass is 9.88. The SMILES string of the molecule is CCC(CO)(CO)CO.CCOOOCC. The Kier molecular flexibility index (Phi) is 14.5. The predicted octanol–water partition coefficient (Wildman–Crippen LogP) is 0.266. The van der Waals surface area contributed by atoms with Crippen LogP contribution in [0, 0.1) is 5.41 Å². The molecule has 0 atom stereocenters. The van der Waals surface area contributed by atoms with E-state index in [0.717, 1.165) is 0 Å². The van der Waals surface area contributed by atoms with Crippen LogP contribution in [-0.2, 0) is 14.8 Å². The van der Waals surface area contributed by atoms with Gasteiger partial charge >= 0.3 is 0 Å². The fraction of sp³-hybridized carbons (Fsp3) is 1.00. The van der Waals surface area contributed by atoms with Gasteiger partial charge in [0.15, 0.2) is 0 Å². The summed E-state index contributed by atoms with van der Waals surface area (Å²) in [5, 5.41) is 30.1. The first-order valence-corrected chi connectivity index (χ1v) is 5.39. The van der Waals surface area contributed by atoms with Gasteiger partial charge in [0.1, 0.15) is 0 Å². The Morgan fingerprint density at radius 2 is 1.19 bits per heavy atom. The maximum Gasteiger partial charge on any atom is 0.0825 e. The van der Waals surface area contributed by atoms with E-state index in [1.54, 1.807) is 0 Å². The summed E-state index contributed by atoms with van der Waals surface area (Å²) >= 11 is 0. The van der Waals surface area contributed by atoms with E-state index in [2.05, 4.69) is 14.8 Å². The molecule has 0 aliphatic heterocycles. The van der Waals surface area contributed by atoms with Crippen LogP contribution in [0.1, 0.15) is 27.2 Å². The van der Waals surface area contributed by atoms with Crippen molar-refractivity contribution in [1.29, 1.82) is 0 Å². The summed E-state index contributed by atoms with van der Waals surface area (Å²) in [5.41, 5.74) is -0.667. The van der Waals surface area contributed by atoms with Gasteiger partial charge in [-0.2, -0.15) is 0 Å². The lowest BCUT2D eigenvalue weighted by Gasteiger charge is -2.24. The minimum atomic E-state index is -0.667. The summed E-state index contributed by atoms with van der Waals surface area (Å²) in [7, 11) is 0. The Morgan fingerprint density at radius 3 is 1.31 bits per heavy atom. The smallest absolute Gasteiger partial charge is 0.0825 e. The van der Waals surface area contributed by atoms with Gasteiger partial charge in [-0.25, -0.2) is 9.78 Å². The summed E-state index contributed by atoms with van der Waals surface area (Å²) in [4.78, 5) is 8.70. The van der Waals surface area contributed by atoms with E-state index in [0.29, 0.717) is 19.6 Å². The molecule has 0 heterocycles. The van der Waals surface area contributed by atoms with Gasteiger partial charge in [-0.15, -0.1) is 0 Å². The molecule has 6 heteroatoms. The number of rotatable bonds is 8. The number of hydrogen-bond acceptors (Lipinski definition) is 6. The molecule has 0 fully saturated rings. The van der Waals surface area contributed by atoms with Crippen LogP contribution in [0.2, 0.25) is 0 Å². The van der Waals surface area contributed by atoms with Crippen molar-refractivity contribution in [2.45, 2.75) is 27.2 Å². The molecule has 0 radical (unpaired) electrons. The lowest BCUT2D eigenvalue weighted by molar-refractivity contribution is -0.509. The predicted molar refractivity (Wildman–Crippen MR) is 58.3 cm³/mol. The van der Waals surface area contributed by atoms with Gasteiger partial charge in [0, 0.05) is 5.41 Å². The molecule has 100 valence electrons. The number of aliphatic hydroxyl groups excluding tert-OH is 3. The zero-order chi connectivity index (χ0) is 12.9. The summed E-state index contributed by atoms with van der Waals surface area (Å²) in [5.74, 6) is 0. The van der Waals surface area contributed by atoms with Crippen molar-refractivity contribution in [1.82, 2.24) is 0 Å². The third-order valence-corrected chi connectivity index (χ3v) is 2.09. The van der Waals surface area contributed by atoms with E-state index in [4.69, 9.17) is 15.3 Å². The van der Waals surface area contributed by atoms with E-state index in [1.165, 1.54) is 0 Å². The molecule has 0 aromatic heterocycles. The second-order valence-electron chi connectivity index (χ2n) is 3.21. The molecule has 0 bridgehead atoms. The van der Waals surface area contributed by atoms with Crippen LogP contribution in [0.4, 0.5) is 0 Å². The van der Waals surface area contributed by atoms with Crippen molar-refractivity contribution in [3.63, 3.8) is 0 Å². The first-order valence-electron chi connectivity index (χ1n) is 5.39. The zero-order valence-corrected chi connectivity index (χ0v) is 10.3. The van der Waals surface area contributed by atoms with E-state index in [1.807, 2.05) is 20.8 Å². The van der Waals surface area contributed by atoms with Crippen molar-refractivity contribution in [3.8, 4) is 0 Å². The third-order valence-electron chi connectivity index (χ3n) is 2.09. The van der Waals surface area contributed by atoms with Crippen molar-refractivity contribution >= 4 is 0 Å². The Balaban J connectivity index is 0. The van der Waals surface area contributed by atoms with Crippen molar-refractivity contribution in [2.75, 3.05) is 33.0 Å². The molecule has 3 N–H and O–H groups in total. The Hall–Kier alpha value is -0.240. The molecular weight excluding hydrogens is 216 g/mol. The minimum absolute atomic E-state index is 0.156. The van der Waals surface area contributed by atoms with Crippen LogP contribution >= 0.6 is 0 Å². The highest BCUT2D eigenvalue weighted by Gasteiger charge is 2.24. The largest absolute Gasteiger partial charge is 0.396 e. The molecule has 0 aliphatic rings. The molecule has 0 aliphatic carbocycles. The lowest BCUT2D eigenvalue weighted by Crippen LogP contribution is -2.32. The summed E-state index contributed by atoms with van der Waals surface area (Å²) < 4.78 is 0. The molecule has 0 aromatic carbocycles. The normalized spacial score (nSPS) is 10.9. The van der Waals surface area contributed by atoms with Crippen LogP contribution < -0.4 is 0 Å². The molecule has 0 unspecified atom stereocenters. The van der Waals surface area contributed by atoms with Gasteiger partial charge in [-0.3, -0.25) is 0 Å². The van der Waals surface area contributed by atoms with E-state index in [-0.39, 0.29) is 19.8 Å². The highest BCUT2D eigenvalue weighted by Crippen LogP contribution is 2.18. The van der Waals surface area contributed by atoms with Crippen LogP contribution in [0.3, 0.4) is 0 Å². The molecule has 6 nitrogen and oxygen atoms in total. The van der Waals surface area contributed by atoms with E-state index in [9.17, 15) is 0 Å². The average Bonchev–Trinajstić information content (AvgIpc) is 2.34. The topological polar surface area (TPSA) is 88.4 Å². The fourth-order valence-corrected chi connectivity index (χ4v) is 0.616. The summed E-state index contributed by atoms with van der Waals surface area (Å²) in [6, 6.07) is 0. The Morgan fingerprint density at radius 1 is 0.812 bits per heavy atom. The van der Waals surface area contributed by atoms with Gasteiger partial charge in [0.2, 0.25) is 0 Å². The fourth-order valence-electron chi connectivity index (χ4n) is 0.616. The highest BCUT2D eigenvalue weighted by molar-refractivity contribution is 4.74. The van der Waals surface area contributed by atoms with Gasteiger partial charge in [-0.1, -0.05) is 12.0 Å². The van der Waals surface area contributed by atoms with E-state index < -0.39 is 5.41 Å². The average molecular weight is 240 g/mol. The summed E-state index contributed by atoms with van der Waals surface area (Å²) in [6.07, 6.45) is 0.594. The second-order valence-corrected chi connectivity index (χ2v) is 3.21. The molecule has 0 spiro atoms. The monoisotopic (exact) mass is 240 g/mol. The third kappa shape index (κ3) is 9.02. The zero-order valence-electron chi connectivity index (χ0n) is 10.3. The first-order chi connectivity index (χ1) is 7.66. The maximum absolute atomic E-state index is 8.66. The molecular formula is C10H24O6. The Bertz CT molecular complexity index is 105. The number of hydrogen-bond donors (Lipinski definition) is 3. The molecule has 0 saturated carbocycles. The molecule has 0 rings (SSSR count). The van der Waals surface area contributed by atoms with Gasteiger partial charge < -0.3 is 15.3 Å². The van der Waals surface area contributed by atoms with Crippen molar-refractivity contribution < 1.29 is 30.1 Å². The van der Waals surface area contributed by atoms with Crippen LogP contribution in [0.5, 0.6) is 0 Å². The van der Waals surface area contributed by atoms with Gasteiger partial charge in [0.05, 0.1) is 33.0 Å². The maximum atomic E-state index is 8.66. The Labute approximate surface area is 96.6 Å². The molecule has 0 aromatic rings. The van der Waals surface area contributed by atoms with Crippen molar-refractivity contribution in [3.05, 3.63) is 0 Å². The molecule has 16 heavy (non-hydrogen) atoms. The minimum Gasteiger partial charge on any atom is -0.396 e. The second kappa shape index (κ2) is 12.8. The van der Waals surface area contributed by atoms with E-state index >= 15 is 0 Å². The quantitative estimate of drug-likeness (QED) is 0.320. The van der Waals surface area contributed by atoms with Crippen LogP contribution in [0.25, 0.3) is 0 Å². The van der Waals surface area contributed by atoms with Gasteiger partial charge in [-0.05, 0) is 20.3 Å². The molecule has 0 amide bonds. The van der Waals surface area contributed by atoms with Crippen LogP contribution in [-0.4, -0.2) is 48.4 Å². The first kappa shape index (κ1) is 18.1. The standard InChI is InChI=1S/C6H14O3.C4H10O3/c1-2-6(3-7,4-8)5-9;1-3-5-7-6-4-2/h7-9H,2-5H2,1H3;3-4H2,1-2H3. The highest BCUT2D eigenvalue weighted by atomic mass is 17.5. The summed E-state index contributed by atoms with van der Waals surface area (Å²) in [6.45, 7) is 6.02. The van der Waals surface area contributed by atoms with Crippen molar-refractivity contribution in [2.24, 2.45) is 5.41 Å². The number of aliphatic hydroxyl groups is 3.